The van der Waals surface area contributed by atoms with Crippen LogP contribution >= 0.6 is 23.5 Å². The Morgan fingerprint density at radius 1 is 1.07 bits per heavy atom. The van der Waals surface area contributed by atoms with Crippen molar-refractivity contribution in [2.24, 2.45) is 5.92 Å². The third-order valence-electron chi connectivity index (χ3n) is 9.03. The highest BCUT2D eigenvalue weighted by Crippen LogP contribution is 2.40. The summed E-state index contributed by atoms with van der Waals surface area (Å²) in [5.41, 5.74) is 1.33. The van der Waals surface area contributed by atoms with E-state index in [1.165, 1.54) is 11.8 Å². The van der Waals surface area contributed by atoms with Gasteiger partial charge in [-0.3, -0.25) is 14.7 Å². The number of pyridine rings is 1. The van der Waals surface area contributed by atoms with Crippen molar-refractivity contribution >= 4 is 29.4 Å². The van der Waals surface area contributed by atoms with Gasteiger partial charge in [-0.1, -0.05) is 44.7 Å². The van der Waals surface area contributed by atoms with Gasteiger partial charge in [-0.25, -0.2) is 0 Å². The molecule has 44 heavy (non-hydrogen) atoms. The molecule has 0 spiro atoms. The van der Waals surface area contributed by atoms with Crippen LogP contribution in [0.2, 0.25) is 0 Å². The van der Waals surface area contributed by atoms with Crippen molar-refractivity contribution in [2.45, 2.75) is 97.8 Å². The number of hydrogen-bond acceptors (Lipinski definition) is 10. The summed E-state index contributed by atoms with van der Waals surface area (Å²) in [6.45, 7) is 3.30. The molecule has 0 bridgehead atoms. The topological polar surface area (TPSA) is 124 Å². The maximum Gasteiger partial charge on any atom is 0.240 e. The fourth-order valence-electron chi connectivity index (χ4n) is 6.59. The third kappa shape index (κ3) is 7.05. The molecule has 1 saturated carbocycles. The first-order valence-electron chi connectivity index (χ1n) is 15.1. The first-order chi connectivity index (χ1) is 20.9. The molecule has 3 aliphatic heterocycles. The zero-order chi connectivity index (χ0) is 30.1. The first-order valence-corrected chi connectivity index (χ1v) is 17.2. The zero-order valence-corrected chi connectivity index (χ0v) is 26.1. The molecule has 1 aromatic carbocycles. The lowest BCUT2D eigenvalue weighted by Gasteiger charge is -2.45. The van der Waals surface area contributed by atoms with Gasteiger partial charge >= 0.3 is 0 Å². The maximum absolute atomic E-state index is 14.2. The van der Waals surface area contributed by atoms with Gasteiger partial charge in [-0.15, -0.1) is 23.5 Å². The van der Waals surface area contributed by atoms with Crippen molar-refractivity contribution in [3.05, 3.63) is 60.9 Å². The van der Waals surface area contributed by atoms with E-state index < -0.39 is 41.9 Å². The SMILES string of the molecule is C.CSC1O[C@H]([C@H](NC(=O)[C@@H]2[C@@H]3OCC=CC[C@H]3CN2C2CC2)[C@H](C)Sc2ccc(-c3cccnc3)cc2)C(O)[C@@H](O)[C@H]1O. The van der Waals surface area contributed by atoms with Gasteiger partial charge in [0.15, 0.2) is 0 Å². The van der Waals surface area contributed by atoms with Crippen LogP contribution in [-0.4, -0.2) is 110 Å². The molecule has 6 rings (SSSR count). The number of fused-ring (bicyclic) bond motifs is 1. The van der Waals surface area contributed by atoms with Gasteiger partial charge in [0.2, 0.25) is 5.91 Å². The van der Waals surface area contributed by atoms with Gasteiger partial charge < -0.3 is 30.1 Å². The Bertz CT molecular complexity index is 1260. The number of allylic oxidation sites excluding steroid dienone is 1. The number of ether oxygens (including phenoxy) is 2. The number of aliphatic hydroxyl groups excluding tert-OH is 3. The van der Waals surface area contributed by atoms with Crippen molar-refractivity contribution in [2.75, 3.05) is 19.4 Å². The number of carbonyl (C=O) groups excluding carboxylic acids is 1. The van der Waals surface area contributed by atoms with Crippen LogP contribution in [0.3, 0.4) is 0 Å². The molecule has 2 aromatic rings. The standard InChI is InChI=1S/C32H41N3O6S2.CH4/c1-18(43-23-12-8-19(9-13-23)20-7-5-14-33-16-20)24(30-27(37)26(36)28(38)32(41-30)42-2)34-31(39)25-29-21(6-3-4-15-40-29)17-35(25)22-10-11-22;/h3-5,7-9,12-14,16,18,21-22,24-30,32,36-38H,6,10-11,15,17H2,1-2H3,(H,34,39);1H4/t18-,21-,24+,25-,26+,27?,28+,29+,30+,32?;/m0./s1. The molecule has 240 valence electrons. The molecule has 4 N–H and O–H groups in total. The van der Waals surface area contributed by atoms with E-state index in [2.05, 4.69) is 21.3 Å². The van der Waals surface area contributed by atoms with Crippen molar-refractivity contribution in [1.82, 2.24) is 15.2 Å². The number of benzene rings is 1. The highest BCUT2D eigenvalue weighted by molar-refractivity contribution is 8.00. The second-order valence-corrected chi connectivity index (χ2v) is 14.3. The monoisotopic (exact) mass is 643 g/mol. The largest absolute Gasteiger partial charge is 0.388 e. The molecule has 4 aliphatic rings. The number of nitrogens with zero attached hydrogens (tertiary/aromatic N) is 2. The van der Waals surface area contributed by atoms with Crippen LogP contribution < -0.4 is 5.32 Å². The molecule has 4 heterocycles. The fourth-order valence-corrected chi connectivity index (χ4v) is 8.36. The first kappa shape index (κ1) is 33.4. The second-order valence-electron chi connectivity index (χ2n) is 11.9. The van der Waals surface area contributed by atoms with Crippen LogP contribution in [0.25, 0.3) is 11.1 Å². The minimum Gasteiger partial charge on any atom is -0.388 e. The molecule has 1 aliphatic carbocycles. The van der Waals surface area contributed by atoms with E-state index >= 15 is 0 Å². The lowest BCUT2D eigenvalue weighted by atomic mass is 9.92. The molecule has 1 aromatic heterocycles. The Kier molecular flexibility index (Phi) is 11.1. The molecule has 10 atom stereocenters. The fraction of sp³-hybridized carbons (Fsp3) is 0.576. The molecule has 2 unspecified atom stereocenters. The number of amides is 1. The van der Waals surface area contributed by atoms with Gasteiger partial charge in [0.05, 0.1) is 18.8 Å². The quantitative estimate of drug-likeness (QED) is 0.239. The van der Waals surface area contributed by atoms with Crippen molar-refractivity contribution in [3.8, 4) is 11.1 Å². The van der Waals surface area contributed by atoms with Gasteiger partial charge in [0.25, 0.3) is 0 Å². The summed E-state index contributed by atoms with van der Waals surface area (Å²) >= 11 is 2.83. The Labute approximate surface area is 268 Å². The smallest absolute Gasteiger partial charge is 0.240 e. The molecular formula is C33H45N3O6S2. The van der Waals surface area contributed by atoms with E-state index in [0.29, 0.717) is 12.6 Å². The summed E-state index contributed by atoms with van der Waals surface area (Å²) < 4.78 is 12.4. The van der Waals surface area contributed by atoms with Crippen molar-refractivity contribution in [1.29, 1.82) is 0 Å². The van der Waals surface area contributed by atoms with E-state index in [0.717, 1.165) is 41.8 Å². The summed E-state index contributed by atoms with van der Waals surface area (Å²) in [6.07, 6.45) is 7.40. The Morgan fingerprint density at radius 3 is 2.52 bits per heavy atom. The van der Waals surface area contributed by atoms with Crippen LogP contribution in [-0.2, 0) is 14.3 Å². The molecule has 9 nitrogen and oxygen atoms in total. The van der Waals surface area contributed by atoms with E-state index in [1.54, 1.807) is 24.2 Å². The summed E-state index contributed by atoms with van der Waals surface area (Å²) in [5.74, 6) is 0.0934. The third-order valence-corrected chi connectivity index (χ3v) is 11.1. The predicted molar refractivity (Wildman–Crippen MR) is 174 cm³/mol. The normalized spacial score (nSPS) is 33.5. The Balaban J connectivity index is 0.00000384. The van der Waals surface area contributed by atoms with Gasteiger partial charge in [-0.05, 0) is 54.8 Å². The Morgan fingerprint density at radius 2 is 1.84 bits per heavy atom. The van der Waals surface area contributed by atoms with E-state index in [4.69, 9.17) is 9.47 Å². The van der Waals surface area contributed by atoms with Crippen molar-refractivity contribution < 1.29 is 29.6 Å². The van der Waals surface area contributed by atoms with Gasteiger partial charge in [-0.2, -0.15) is 0 Å². The average molecular weight is 644 g/mol. The van der Waals surface area contributed by atoms with Crippen LogP contribution in [0.1, 0.15) is 33.6 Å². The summed E-state index contributed by atoms with van der Waals surface area (Å²) in [5, 5.41) is 35.5. The number of aromatic nitrogens is 1. The molecule has 0 radical (unpaired) electrons. The zero-order valence-electron chi connectivity index (χ0n) is 24.4. The molecule has 11 heteroatoms. The van der Waals surface area contributed by atoms with Crippen LogP contribution in [0.5, 0.6) is 0 Å². The second kappa shape index (κ2) is 14.6. The Hall–Kier alpha value is -1.96. The van der Waals surface area contributed by atoms with E-state index in [1.807, 2.05) is 55.6 Å². The number of carbonyl (C=O) groups is 1. The number of aliphatic hydroxyl groups is 3. The molecular weight excluding hydrogens is 599 g/mol. The van der Waals surface area contributed by atoms with Gasteiger partial charge in [0, 0.05) is 41.0 Å². The number of rotatable bonds is 9. The molecule has 2 saturated heterocycles. The van der Waals surface area contributed by atoms with Crippen LogP contribution in [0, 0.1) is 5.92 Å². The van der Waals surface area contributed by atoms with Crippen LogP contribution in [0.15, 0.2) is 65.8 Å². The number of thioether (sulfide) groups is 2. The average Bonchev–Trinajstić information content (AvgIpc) is 3.84. The lowest BCUT2D eigenvalue weighted by Crippen LogP contribution is -2.66. The van der Waals surface area contributed by atoms with Gasteiger partial charge in [0.1, 0.15) is 35.9 Å². The number of nitrogens with one attached hydrogen (secondary N) is 1. The number of likely N-dealkylation sites (tertiary alicyclic amines) is 1. The van der Waals surface area contributed by atoms with E-state index in [9.17, 15) is 20.1 Å². The predicted octanol–water partition coefficient (Wildman–Crippen LogP) is 3.33. The highest BCUT2D eigenvalue weighted by Gasteiger charge is 2.53. The minimum atomic E-state index is -1.40. The lowest BCUT2D eigenvalue weighted by molar-refractivity contribution is -0.205. The summed E-state index contributed by atoms with van der Waals surface area (Å²) in [4.78, 5) is 21.8. The van der Waals surface area contributed by atoms with Crippen molar-refractivity contribution in [3.63, 3.8) is 0 Å². The number of hydrogen-bond donors (Lipinski definition) is 4. The highest BCUT2D eigenvalue weighted by atomic mass is 32.2. The summed E-state index contributed by atoms with van der Waals surface area (Å²) in [7, 11) is 0. The van der Waals surface area contributed by atoms with Crippen LogP contribution in [0.4, 0.5) is 0 Å². The maximum atomic E-state index is 14.2. The summed E-state index contributed by atoms with van der Waals surface area (Å²) in [6, 6.07) is 11.4. The minimum absolute atomic E-state index is 0. The van der Waals surface area contributed by atoms with E-state index in [-0.39, 0.29) is 30.6 Å². The molecule has 3 fully saturated rings. The molecule has 1 amide bonds.